The zero-order valence-electron chi connectivity index (χ0n) is 26.2. The van der Waals surface area contributed by atoms with Crippen LogP contribution in [-0.4, -0.2) is 70.7 Å². The van der Waals surface area contributed by atoms with Crippen molar-refractivity contribution in [2.75, 3.05) is 27.4 Å². The van der Waals surface area contributed by atoms with Crippen LogP contribution in [0, 0.1) is 0 Å². The van der Waals surface area contributed by atoms with Gasteiger partial charge in [-0.2, -0.15) is 13.2 Å². The number of aromatic nitrogens is 4. The van der Waals surface area contributed by atoms with Gasteiger partial charge in [0.05, 0.1) is 54.7 Å². The second-order valence-electron chi connectivity index (χ2n) is 11.0. The summed E-state index contributed by atoms with van der Waals surface area (Å²) < 4.78 is 50.1. The summed E-state index contributed by atoms with van der Waals surface area (Å²) in [4.78, 5) is 18.0. The molecule has 1 aliphatic rings. The van der Waals surface area contributed by atoms with Crippen LogP contribution < -0.4 is 25.4 Å². The monoisotopic (exact) mass is 703 g/mol. The Morgan fingerprint density at radius 2 is 1.44 bits per heavy atom. The zero-order chi connectivity index (χ0) is 34.4. The van der Waals surface area contributed by atoms with Crippen LogP contribution in [0.1, 0.15) is 24.2 Å². The molecule has 5 rings (SSSR count). The Balaban J connectivity index is 1.38. The van der Waals surface area contributed by atoms with Gasteiger partial charge in [0.2, 0.25) is 11.8 Å². The van der Waals surface area contributed by atoms with Crippen LogP contribution in [-0.2, 0) is 13.1 Å². The van der Waals surface area contributed by atoms with Crippen LogP contribution in [0.4, 0.5) is 13.2 Å². The standard InChI is InChI=1S/C33H34Cl2F3N7O3/c1-18-10-11-19(43-18)12-39-13-26-31(47-2)44-24(14-40-26)22-8-4-6-20(29(22)34)21-7-5-9-23(30(21)35)25-15-41-27(32(45-25)48-3)16-42-28(17-46)33(36,37)38/h4-9,14-15,19,28,39,42-43,46H,1,10-13,16-17H2,2-3H3/t19-,28?/m0/s1. The van der Waals surface area contributed by atoms with Gasteiger partial charge in [-0.3, -0.25) is 15.3 Å². The van der Waals surface area contributed by atoms with Crippen molar-refractivity contribution in [2.45, 2.75) is 44.2 Å². The maximum Gasteiger partial charge on any atom is 0.406 e. The summed E-state index contributed by atoms with van der Waals surface area (Å²) in [7, 11) is 2.87. The summed E-state index contributed by atoms with van der Waals surface area (Å²) in [5, 5.41) is 18.8. The van der Waals surface area contributed by atoms with E-state index >= 15 is 0 Å². The molecule has 0 spiro atoms. The number of alkyl halides is 3. The molecule has 4 aromatic rings. The highest BCUT2D eigenvalue weighted by atomic mass is 35.5. The highest BCUT2D eigenvalue weighted by Crippen LogP contribution is 2.42. The molecule has 4 N–H and O–H groups in total. The van der Waals surface area contributed by atoms with Crippen LogP contribution in [0.3, 0.4) is 0 Å². The minimum absolute atomic E-state index is 0.00707. The minimum atomic E-state index is -4.63. The van der Waals surface area contributed by atoms with E-state index in [0.29, 0.717) is 67.8 Å². The van der Waals surface area contributed by atoms with Crippen molar-refractivity contribution in [3.8, 4) is 45.4 Å². The number of ether oxygens (including phenoxy) is 2. The number of nitrogens with one attached hydrogen (secondary N) is 3. The third-order valence-corrected chi connectivity index (χ3v) is 8.64. The summed E-state index contributed by atoms with van der Waals surface area (Å²) in [5.41, 5.74) is 5.03. The number of nitrogens with zero attached hydrogens (tertiary/aromatic N) is 4. The van der Waals surface area contributed by atoms with Gasteiger partial charge >= 0.3 is 6.18 Å². The van der Waals surface area contributed by atoms with Gasteiger partial charge in [-0.1, -0.05) is 66.2 Å². The lowest BCUT2D eigenvalue weighted by Gasteiger charge is -2.19. The van der Waals surface area contributed by atoms with Crippen LogP contribution in [0.5, 0.6) is 11.8 Å². The predicted octanol–water partition coefficient (Wildman–Crippen LogP) is 5.96. The third kappa shape index (κ3) is 7.99. The van der Waals surface area contributed by atoms with Crippen molar-refractivity contribution in [1.29, 1.82) is 0 Å². The van der Waals surface area contributed by atoms with Crippen LogP contribution in [0.15, 0.2) is 61.1 Å². The van der Waals surface area contributed by atoms with Gasteiger partial charge in [0, 0.05) is 53.6 Å². The van der Waals surface area contributed by atoms with Crippen molar-refractivity contribution in [1.82, 2.24) is 35.9 Å². The highest BCUT2D eigenvalue weighted by molar-refractivity contribution is 6.39. The summed E-state index contributed by atoms with van der Waals surface area (Å²) in [6.45, 7) is 3.74. The van der Waals surface area contributed by atoms with E-state index in [4.69, 9.17) is 42.8 Å². The Hall–Kier alpha value is -4.01. The number of benzene rings is 2. The minimum Gasteiger partial charge on any atom is -0.480 e. The van der Waals surface area contributed by atoms with Crippen LogP contribution >= 0.6 is 23.2 Å². The maximum atomic E-state index is 13.1. The Morgan fingerprint density at radius 3 is 1.90 bits per heavy atom. The SMILES string of the molecule is C=C1CC[C@@H](CNCc2ncc(-c3cccc(-c4cccc(-c5cnc(CNC(CO)C(F)(F)F)c(OC)n5)c4Cl)c3Cl)nc2OC)N1. The normalized spacial score (nSPS) is 15.3. The van der Waals surface area contributed by atoms with Crippen molar-refractivity contribution in [2.24, 2.45) is 0 Å². The molecule has 0 bridgehead atoms. The molecule has 3 heterocycles. The molecule has 254 valence electrons. The van der Waals surface area contributed by atoms with E-state index in [1.807, 2.05) is 24.3 Å². The van der Waals surface area contributed by atoms with Gasteiger partial charge < -0.3 is 25.2 Å². The van der Waals surface area contributed by atoms with E-state index in [0.717, 1.165) is 25.1 Å². The van der Waals surface area contributed by atoms with E-state index in [1.165, 1.54) is 13.3 Å². The van der Waals surface area contributed by atoms with E-state index < -0.39 is 18.8 Å². The Bertz CT molecular complexity index is 1780. The molecule has 1 saturated heterocycles. The zero-order valence-corrected chi connectivity index (χ0v) is 27.7. The van der Waals surface area contributed by atoms with Crippen molar-refractivity contribution in [3.63, 3.8) is 0 Å². The van der Waals surface area contributed by atoms with Gasteiger partial charge in [-0.25, -0.2) is 9.97 Å². The molecule has 1 unspecified atom stereocenters. The molecule has 0 saturated carbocycles. The Morgan fingerprint density at radius 1 is 0.917 bits per heavy atom. The second kappa shape index (κ2) is 15.5. The lowest BCUT2D eigenvalue weighted by atomic mass is 9.98. The second-order valence-corrected chi connectivity index (χ2v) is 11.8. The first-order valence-corrected chi connectivity index (χ1v) is 15.7. The molecule has 2 aromatic heterocycles. The molecule has 0 aliphatic carbocycles. The largest absolute Gasteiger partial charge is 0.480 e. The van der Waals surface area contributed by atoms with Crippen LogP contribution in [0.2, 0.25) is 10.0 Å². The van der Waals surface area contributed by atoms with E-state index in [1.54, 1.807) is 25.4 Å². The summed E-state index contributed by atoms with van der Waals surface area (Å²) in [6.07, 6.45) is 0.404. The number of methoxy groups -OCH3 is 2. The van der Waals surface area contributed by atoms with Crippen molar-refractivity contribution < 1.29 is 27.8 Å². The van der Waals surface area contributed by atoms with Gasteiger partial charge in [0.15, 0.2) is 0 Å². The van der Waals surface area contributed by atoms with Gasteiger partial charge in [0.25, 0.3) is 0 Å². The number of hydrogen-bond acceptors (Lipinski definition) is 10. The average Bonchev–Trinajstić information content (AvgIpc) is 3.49. The van der Waals surface area contributed by atoms with E-state index in [2.05, 4.69) is 37.5 Å². The molecule has 0 radical (unpaired) electrons. The molecule has 10 nitrogen and oxygen atoms in total. The lowest BCUT2D eigenvalue weighted by Crippen LogP contribution is -2.44. The molecule has 48 heavy (non-hydrogen) atoms. The summed E-state index contributed by atoms with van der Waals surface area (Å²) in [6, 6.07) is 9.00. The fraction of sp³-hybridized carbons (Fsp3) is 0.333. The van der Waals surface area contributed by atoms with E-state index in [9.17, 15) is 13.2 Å². The number of allylic oxidation sites excluding steroid dienone is 1. The summed E-state index contributed by atoms with van der Waals surface area (Å²) in [5.74, 6) is 0.384. The first kappa shape index (κ1) is 35.3. The topological polar surface area (TPSA) is 126 Å². The number of aliphatic hydroxyl groups excluding tert-OH is 1. The number of hydrogen-bond donors (Lipinski definition) is 4. The van der Waals surface area contributed by atoms with Gasteiger partial charge in [-0.05, 0) is 12.8 Å². The third-order valence-electron chi connectivity index (χ3n) is 7.83. The maximum absolute atomic E-state index is 13.1. The number of aliphatic hydroxyl groups is 1. The molecular weight excluding hydrogens is 670 g/mol. The van der Waals surface area contributed by atoms with E-state index in [-0.39, 0.29) is 18.1 Å². The van der Waals surface area contributed by atoms with Crippen molar-refractivity contribution in [3.05, 3.63) is 82.5 Å². The smallest absolute Gasteiger partial charge is 0.406 e. The molecule has 2 atom stereocenters. The molecule has 2 aromatic carbocycles. The first-order valence-electron chi connectivity index (χ1n) is 15.0. The number of halogens is 5. The molecular formula is C33H34Cl2F3N7O3. The quantitative estimate of drug-likeness (QED) is 0.133. The lowest BCUT2D eigenvalue weighted by molar-refractivity contribution is -0.164. The predicted molar refractivity (Wildman–Crippen MR) is 178 cm³/mol. The summed E-state index contributed by atoms with van der Waals surface area (Å²) >= 11 is 13.9. The average molecular weight is 705 g/mol. The molecule has 0 amide bonds. The number of rotatable bonds is 13. The van der Waals surface area contributed by atoms with Crippen LogP contribution in [0.25, 0.3) is 33.6 Å². The first-order chi connectivity index (χ1) is 23.0. The molecule has 15 heteroatoms. The highest BCUT2D eigenvalue weighted by Gasteiger charge is 2.39. The fourth-order valence-corrected chi connectivity index (χ4v) is 5.95. The Kier molecular flexibility index (Phi) is 11.4. The molecule has 1 aliphatic heterocycles. The van der Waals surface area contributed by atoms with Gasteiger partial charge in [0.1, 0.15) is 17.4 Å². The van der Waals surface area contributed by atoms with Crippen molar-refractivity contribution >= 4 is 23.2 Å². The van der Waals surface area contributed by atoms with Gasteiger partial charge in [-0.15, -0.1) is 0 Å². The molecule has 1 fully saturated rings. The fourth-order valence-electron chi connectivity index (χ4n) is 5.30. The Labute approximate surface area is 285 Å².